The largest absolute Gasteiger partial charge is 0.0654 e. The summed E-state index contributed by atoms with van der Waals surface area (Å²) < 4.78 is 0. The second-order valence-electron chi connectivity index (χ2n) is 7.81. The average molecular weight is 347 g/mol. The van der Waals surface area contributed by atoms with Crippen LogP contribution in [0.4, 0.5) is 0 Å². The van der Waals surface area contributed by atoms with Gasteiger partial charge < -0.3 is 0 Å². The van der Waals surface area contributed by atoms with Crippen LogP contribution in [0.5, 0.6) is 0 Å². The molecule has 0 radical (unpaired) electrons. The van der Waals surface area contributed by atoms with Gasteiger partial charge in [0.05, 0.1) is 0 Å². The molecule has 0 aliphatic rings. The summed E-state index contributed by atoms with van der Waals surface area (Å²) in [4.78, 5) is 0. The molecule has 0 spiro atoms. The Labute approximate surface area is 155 Å². The zero-order chi connectivity index (χ0) is 17.3. The van der Waals surface area contributed by atoms with Gasteiger partial charge >= 0.3 is 0 Å². The Balaban J connectivity index is 1.82. The summed E-state index contributed by atoms with van der Waals surface area (Å²) in [5.74, 6) is 0. The lowest BCUT2D eigenvalue weighted by molar-refractivity contribution is 0.532. The lowest BCUT2D eigenvalue weighted by atomic mass is 10.0. The molecule has 1 atom stereocenters. The first-order chi connectivity index (χ1) is 11.8. The van der Waals surface area contributed by atoms with Gasteiger partial charge in [0.1, 0.15) is 0 Å². The maximum absolute atomic E-state index is 2.30. The van der Waals surface area contributed by atoms with Gasteiger partial charge in [0.25, 0.3) is 0 Å². The monoisotopic (exact) mass is 346 g/mol. The van der Waals surface area contributed by atoms with Crippen LogP contribution in [-0.2, 0) is 6.42 Å². The Morgan fingerprint density at radius 1 is 0.667 bits per heavy atom. The smallest absolute Gasteiger partial charge is 0.00672 e. The topological polar surface area (TPSA) is 0 Å². The summed E-state index contributed by atoms with van der Waals surface area (Å²) >= 11 is 0. The van der Waals surface area contributed by atoms with Crippen molar-refractivity contribution in [2.45, 2.75) is 109 Å². The Bertz CT molecular complexity index is 360. The maximum atomic E-state index is 2.30. The van der Waals surface area contributed by atoms with Gasteiger partial charge in [-0.25, -0.2) is 0 Å². The molecule has 0 saturated heterocycles. The standard InChI is InChI=1S/C23H42Si/c1-2-3-4-5-6-7-8-9-10-14-20-23(24)21-16-15-19-22-17-12-11-13-18-22/h11-13,17-18,23H,2-10,14-16,19-21H2,1,24H3. The fraction of sp³-hybridized carbons (Fsp3) is 0.739. The van der Waals surface area contributed by atoms with E-state index in [9.17, 15) is 0 Å². The second kappa shape index (κ2) is 15.9. The third kappa shape index (κ3) is 12.8. The van der Waals surface area contributed by atoms with E-state index in [1.54, 1.807) is 0 Å². The lowest BCUT2D eigenvalue weighted by Gasteiger charge is -2.11. The van der Waals surface area contributed by atoms with Gasteiger partial charge in [-0.05, 0) is 18.4 Å². The Morgan fingerprint density at radius 3 is 1.75 bits per heavy atom. The van der Waals surface area contributed by atoms with Gasteiger partial charge in [-0.1, -0.05) is 126 Å². The summed E-state index contributed by atoms with van der Waals surface area (Å²) in [6, 6.07) is 11.0. The molecular formula is C23H42Si. The minimum absolute atomic E-state index is 1.06. The zero-order valence-electron chi connectivity index (χ0n) is 16.6. The molecule has 0 aromatic heterocycles. The van der Waals surface area contributed by atoms with E-state index >= 15 is 0 Å². The molecule has 1 unspecified atom stereocenters. The summed E-state index contributed by atoms with van der Waals surface area (Å²) in [5, 5.41) is 0. The van der Waals surface area contributed by atoms with Crippen LogP contribution in [-0.4, -0.2) is 10.2 Å². The quantitative estimate of drug-likeness (QED) is 0.226. The highest BCUT2D eigenvalue weighted by Gasteiger charge is 2.02. The van der Waals surface area contributed by atoms with Crippen molar-refractivity contribution in [1.29, 1.82) is 0 Å². The fourth-order valence-corrected chi connectivity index (χ4v) is 4.41. The van der Waals surface area contributed by atoms with Crippen molar-refractivity contribution in [3.8, 4) is 0 Å². The van der Waals surface area contributed by atoms with E-state index in [0.717, 1.165) is 5.54 Å². The zero-order valence-corrected chi connectivity index (χ0v) is 18.6. The highest BCUT2D eigenvalue weighted by Crippen LogP contribution is 2.20. The Kier molecular flexibility index (Phi) is 14.3. The molecule has 1 aromatic rings. The lowest BCUT2D eigenvalue weighted by Crippen LogP contribution is -1.94. The molecule has 0 fully saturated rings. The summed E-state index contributed by atoms with van der Waals surface area (Å²) in [6.07, 6.45) is 21.7. The van der Waals surface area contributed by atoms with E-state index in [1.807, 2.05) is 0 Å². The number of benzene rings is 1. The molecule has 1 heteroatoms. The number of aryl methyl sites for hydroxylation is 1. The molecule has 0 amide bonds. The molecule has 24 heavy (non-hydrogen) atoms. The van der Waals surface area contributed by atoms with Crippen molar-refractivity contribution in [1.82, 2.24) is 0 Å². The molecular weight excluding hydrogens is 304 g/mol. The van der Waals surface area contributed by atoms with E-state index in [0.29, 0.717) is 0 Å². The van der Waals surface area contributed by atoms with E-state index in [4.69, 9.17) is 0 Å². The number of rotatable bonds is 16. The summed E-state index contributed by atoms with van der Waals surface area (Å²) in [6.45, 7) is 2.30. The van der Waals surface area contributed by atoms with Crippen molar-refractivity contribution >= 4 is 10.2 Å². The third-order valence-electron chi connectivity index (χ3n) is 5.31. The molecule has 0 aliphatic carbocycles. The van der Waals surface area contributed by atoms with Crippen LogP contribution in [0.1, 0.15) is 102 Å². The van der Waals surface area contributed by atoms with Crippen LogP contribution in [0, 0.1) is 0 Å². The second-order valence-corrected chi connectivity index (χ2v) is 9.44. The predicted molar refractivity (Wildman–Crippen MR) is 114 cm³/mol. The van der Waals surface area contributed by atoms with Crippen molar-refractivity contribution < 1.29 is 0 Å². The van der Waals surface area contributed by atoms with E-state index in [2.05, 4.69) is 37.3 Å². The average Bonchev–Trinajstić information content (AvgIpc) is 2.61. The highest BCUT2D eigenvalue weighted by molar-refractivity contribution is 6.11. The molecule has 138 valence electrons. The molecule has 1 rings (SSSR count). The first kappa shape index (κ1) is 21.5. The van der Waals surface area contributed by atoms with Crippen LogP contribution in [0.25, 0.3) is 0 Å². The minimum Gasteiger partial charge on any atom is -0.0654 e. The number of hydrogen-bond donors (Lipinski definition) is 0. The maximum Gasteiger partial charge on any atom is 0.00672 e. The number of hydrogen-bond acceptors (Lipinski definition) is 0. The predicted octanol–water partition coefficient (Wildman–Crippen LogP) is 6.86. The van der Waals surface area contributed by atoms with Crippen molar-refractivity contribution in [3.63, 3.8) is 0 Å². The van der Waals surface area contributed by atoms with Crippen LogP contribution in [0.2, 0.25) is 5.54 Å². The molecule has 1 aromatic carbocycles. The van der Waals surface area contributed by atoms with Gasteiger partial charge in [-0.15, -0.1) is 0 Å². The van der Waals surface area contributed by atoms with Crippen molar-refractivity contribution in [2.75, 3.05) is 0 Å². The van der Waals surface area contributed by atoms with Gasteiger partial charge in [0, 0.05) is 10.2 Å². The highest BCUT2D eigenvalue weighted by atomic mass is 28.1. The number of unbranched alkanes of at least 4 members (excludes halogenated alkanes) is 10. The van der Waals surface area contributed by atoms with Gasteiger partial charge in [0.15, 0.2) is 0 Å². The Hall–Kier alpha value is -0.563. The third-order valence-corrected chi connectivity index (χ3v) is 6.46. The minimum atomic E-state index is 1.06. The van der Waals surface area contributed by atoms with Gasteiger partial charge in [-0.2, -0.15) is 0 Å². The fourth-order valence-electron chi connectivity index (χ4n) is 3.59. The summed E-state index contributed by atoms with van der Waals surface area (Å²) in [5.41, 5.74) is 2.58. The normalized spacial score (nSPS) is 12.5. The van der Waals surface area contributed by atoms with E-state index in [-0.39, 0.29) is 0 Å². The van der Waals surface area contributed by atoms with Crippen LogP contribution in [0.3, 0.4) is 0 Å². The molecule has 0 N–H and O–H groups in total. The van der Waals surface area contributed by atoms with E-state index in [1.165, 1.54) is 112 Å². The van der Waals surface area contributed by atoms with Crippen molar-refractivity contribution in [2.24, 2.45) is 0 Å². The van der Waals surface area contributed by atoms with Gasteiger partial charge in [0.2, 0.25) is 0 Å². The summed E-state index contributed by atoms with van der Waals surface area (Å²) in [7, 11) is 1.40. The Morgan fingerprint density at radius 2 is 1.17 bits per heavy atom. The molecule has 0 aliphatic heterocycles. The molecule has 0 bridgehead atoms. The van der Waals surface area contributed by atoms with Crippen LogP contribution >= 0.6 is 0 Å². The molecule has 0 saturated carbocycles. The first-order valence-electron chi connectivity index (χ1n) is 10.9. The van der Waals surface area contributed by atoms with Gasteiger partial charge in [-0.3, -0.25) is 0 Å². The molecule has 0 heterocycles. The first-order valence-corrected chi connectivity index (χ1v) is 12.0. The van der Waals surface area contributed by atoms with Crippen molar-refractivity contribution in [3.05, 3.63) is 35.9 Å². The SMILES string of the molecule is CCCCCCCCCCCCC([SiH3])CCCCc1ccccc1. The van der Waals surface area contributed by atoms with Crippen LogP contribution < -0.4 is 0 Å². The van der Waals surface area contributed by atoms with Crippen LogP contribution in [0.15, 0.2) is 30.3 Å². The van der Waals surface area contributed by atoms with E-state index < -0.39 is 0 Å². The molecule has 0 nitrogen and oxygen atoms in total.